The molecule has 0 aromatic heterocycles. The summed E-state index contributed by atoms with van der Waals surface area (Å²) in [4.78, 5) is 12.5. The Morgan fingerprint density at radius 3 is 2.78 bits per heavy atom. The van der Waals surface area contributed by atoms with Gasteiger partial charge in [-0.3, -0.25) is 4.79 Å². The number of nitrogens with one attached hydrogen (secondary N) is 1. The van der Waals surface area contributed by atoms with Gasteiger partial charge in [-0.15, -0.1) is 0 Å². The van der Waals surface area contributed by atoms with Crippen molar-refractivity contribution in [1.82, 2.24) is 5.32 Å². The Hall–Kier alpha value is -1.07. The van der Waals surface area contributed by atoms with Crippen LogP contribution < -0.4 is 5.32 Å². The minimum absolute atomic E-state index is 0.117. The van der Waals surface area contributed by atoms with Crippen molar-refractivity contribution in [3.05, 3.63) is 11.8 Å². The van der Waals surface area contributed by atoms with Crippen molar-refractivity contribution in [2.75, 3.05) is 13.2 Å². The molecule has 132 valence electrons. The van der Waals surface area contributed by atoms with E-state index in [1.807, 2.05) is 13.0 Å². The SMILES string of the molecule is CCO[C@H]1OC(C(=O)NC2CCCCC2)=C[C@@H](C)[C@@H]1CCCO. The summed E-state index contributed by atoms with van der Waals surface area (Å²) in [6.07, 6.45) is 8.81. The third kappa shape index (κ3) is 5.21. The summed E-state index contributed by atoms with van der Waals surface area (Å²) in [6.45, 7) is 4.73. The van der Waals surface area contributed by atoms with Gasteiger partial charge < -0.3 is 19.9 Å². The second kappa shape index (κ2) is 9.28. The first kappa shape index (κ1) is 18.3. The maximum Gasteiger partial charge on any atom is 0.286 e. The van der Waals surface area contributed by atoms with Crippen LogP contribution in [0.2, 0.25) is 0 Å². The number of rotatable bonds is 7. The molecule has 0 bridgehead atoms. The van der Waals surface area contributed by atoms with Crippen LogP contribution in [0.3, 0.4) is 0 Å². The highest BCUT2D eigenvalue weighted by atomic mass is 16.7. The van der Waals surface area contributed by atoms with Gasteiger partial charge in [0.05, 0.1) is 0 Å². The van der Waals surface area contributed by atoms with Gasteiger partial charge in [-0.05, 0) is 44.6 Å². The number of ether oxygens (including phenoxy) is 2. The fraction of sp³-hybridized carbons (Fsp3) is 0.833. The summed E-state index contributed by atoms with van der Waals surface area (Å²) in [7, 11) is 0. The van der Waals surface area contributed by atoms with Gasteiger partial charge in [-0.1, -0.05) is 26.2 Å². The van der Waals surface area contributed by atoms with Crippen LogP contribution in [0.15, 0.2) is 11.8 Å². The van der Waals surface area contributed by atoms with Crippen molar-refractivity contribution in [2.45, 2.75) is 71.1 Å². The normalized spacial score (nSPS) is 28.8. The quantitative estimate of drug-likeness (QED) is 0.755. The first-order valence-electron chi connectivity index (χ1n) is 9.07. The molecule has 2 aliphatic rings. The zero-order chi connectivity index (χ0) is 16.7. The van der Waals surface area contributed by atoms with E-state index in [-0.39, 0.29) is 30.4 Å². The van der Waals surface area contributed by atoms with E-state index >= 15 is 0 Å². The molecule has 0 aromatic rings. The Kier molecular flexibility index (Phi) is 7.37. The summed E-state index contributed by atoms with van der Waals surface area (Å²) in [5, 5.41) is 12.2. The molecule has 1 heterocycles. The summed E-state index contributed by atoms with van der Waals surface area (Å²) < 4.78 is 11.6. The van der Waals surface area contributed by atoms with Crippen LogP contribution in [-0.4, -0.2) is 36.6 Å². The molecule has 1 aliphatic heterocycles. The highest BCUT2D eigenvalue weighted by Crippen LogP contribution is 2.32. The first-order chi connectivity index (χ1) is 11.2. The molecular formula is C18H31NO4. The highest BCUT2D eigenvalue weighted by molar-refractivity contribution is 5.91. The number of hydrogen-bond donors (Lipinski definition) is 2. The minimum atomic E-state index is -0.404. The van der Waals surface area contributed by atoms with E-state index in [0.717, 1.165) is 25.7 Å². The lowest BCUT2D eigenvalue weighted by Gasteiger charge is -2.35. The molecule has 1 saturated carbocycles. The van der Waals surface area contributed by atoms with E-state index in [2.05, 4.69) is 12.2 Å². The fourth-order valence-electron chi connectivity index (χ4n) is 3.54. The van der Waals surface area contributed by atoms with Crippen molar-refractivity contribution in [3.8, 4) is 0 Å². The smallest absolute Gasteiger partial charge is 0.286 e. The summed E-state index contributed by atoms with van der Waals surface area (Å²) in [6, 6.07) is 0.272. The monoisotopic (exact) mass is 325 g/mol. The second-order valence-electron chi connectivity index (χ2n) is 6.67. The van der Waals surface area contributed by atoms with Crippen molar-refractivity contribution >= 4 is 5.91 Å². The fourth-order valence-corrected chi connectivity index (χ4v) is 3.54. The molecule has 2 rings (SSSR count). The molecule has 1 aliphatic carbocycles. The Morgan fingerprint density at radius 1 is 1.39 bits per heavy atom. The van der Waals surface area contributed by atoms with E-state index in [0.29, 0.717) is 12.4 Å². The third-order valence-electron chi connectivity index (χ3n) is 4.87. The molecule has 23 heavy (non-hydrogen) atoms. The van der Waals surface area contributed by atoms with Gasteiger partial charge in [0.2, 0.25) is 6.29 Å². The summed E-state index contributed by atoms with van der Waals surface area (Å²) in [5.41, 5.74) is 0. The Labute approximate surface area is 139 Å². The molecule has 0 unspecified atom stereocenters. The van der Waals surface area contributed by atoms with Gasteiger partial charge in [0.15, 0.2) is 5.76 Å². The lowest BCUT2D eigenvalue weighted by Crippen LogP contribution is -2.42. The van der Waals surface area contributed by atoms with E-state index in [9.17, 15) is 4.79 Å². The molecule has 5 nitrogen and oxygen atoms in total. The average molecular weight is 325 g/mol. The zero-order valence-electron chi connectivity index (χ0n) is 14.4. The van der Waals surface area contributed by atoms with Crippen LogP contribution in [-0.2, 0) is 14.3 Å². The summed E-state index contributed by atoms with van der Waals surface area (Å²) in [5.74, 6) is 0.642. The largest absolute Gasteiger partial charge is 0.459 e. The topological polar surface area (TPSA) is 67.8 Å². The van der Waals surface area contributed by atoms with E-state index in [4.69, 9.17) is 14.6 Å². The molecule has 1 fully saturated rings. The lowest BCUT2D eigenvalue weighted by atomic mass is 9.86. The van der Waals surface area contributed by atoms with Gasteiger partial charge in [0.1, 0.15) is 0 Å². The van der Waals surface area contributed by atoms with Crippen molar-refractivity contribution in [2.24, 2.45) is 11.8 Å². The second-order valence-corrected chi connectivity index (χ2v) is 6.67. The maximum absolute atomic E-state index is 12.5. The highest BCUT2D eigenvalue weighted by Gasteiger charge is 2.35. The molecule has 5 heteroatoms. The molecule has 0 spiro atoms. The molecule has 0 radical (unpaired) electrons. The maximum atomic E-state index is 12.5. The Bertz CT molecular complexity index is 404. The lowest BCUT2D eigenvalue weighted by molar-refractivity contribution is -0.171. The first-order valence-corrected chi connectivity index (χ1v) is 9.07. The van der Waals surface area contributed by atoms with Crippen molar-refractivity contribution < 1.29 is 19.4 Å². The van der Waals surface area contributed by atoms with Crippen molar-refractivity contribution in [1.29, 1.82) is 0 Å². The predicted octanol–water partition coefficient (Wildman–Crippen LogP) is 2.74. The summed E-state index contributed by atoms with van der Waals surface area (Å²) >= 11 is 0. The predicted molar refractivity (Wildman–Crippen MR) is 88.6 cm³/mol. The standard InChI is InChI=1S/C18H31NO4/c1-3-22-18-15(10-7-11-20)13(2)12-16(23-18)17(21)19-14-8-5-4-6-9-14/h12-15,18,20H,3-11H2,1-2H3,(H,19,21)/t13-,15+,18+/m1/s1. The number of carbonyl (C=O) groups is 1. The molecule has 1 amide bonds. The van der Waals surface area contributed by atoms with E-state index in [1.165, 1.54) is 19.3 Å². The van der Waals surface area contributed by atoms with Gasteiger partial charge in [0, 0.05) is 25.2 Å². The van der Waals surface area contributed by atoms with E-state index in [1.54, 1.807) is 0 Å². The number of amides is 1. The van der Waals surface area contributed by atoms with Gasteiger partial charge in [0.25, 0.3) is 5.91 Å². The van der Waals surface area contributed by atoms with Gasteiger partial charge >= 0.3 is 0 Å². The Balaban J connectivity index is 1.98. The average Bonchev–Trinajstić information content (AvgIpc) is 2.55. The molecule has 2 N–H and O–H groups in total. The molecule has 0 saturated heterocycles. The molecular weight excluding hydrogens is 294 g/mol. The number of carbonyl (C=O) groups excluding carboxylic acids is 1. The van der Waals surface area contributed by atoms with Crippen molar-refractivity contribution in [3.63, 3.8) is 0 Å². The van der Waals surface area contributed by atoms with Crippen LogP contribution in [0.4, 0.5) is 0 Å². The molecule has 0 aromatic carbocycles. The number of aliphatic hydroxyl groups excluding tert-OH is 1. The van der Waals surface area contributed by atoms with Gasteiger partial charge in [-0.2, -0.15) is 0 Å². The minimum Gasteiger partial charge on any atom is -0.459 e. The van der Waals surface area contributed by atoms with Gasteiger partial charge in [-0.25, -0.2) is 0 Å². The van der Waals surface area contributed by atoms with Crippen LogP contribution >= 0.6 is 0 Å². The number of allylic oxidation sites excluding steroid dienone is 1. The van der Waals surface area contributed by atoms with Crippen LogP contribution in [0.25, 0.3) is 0 Å². The third-order valence-corrected chi connectivity index (χ3v) is 4.87. The van der Waals surface area contributed by atoms with Crippen LogP contribution in [0.5, 0.6) is 0 Å². The molecule has 3 atom stereocenters. The zero-order valence-corrected chi connectivity index (χ0v) is 14.4. The van der Waals surface area contributed by atoms with Crippen LogP contribution in [0.1, 0.15) is 58.8 Å². The van der Waals surface area contributed by atoms with E-state index < -0.39 is 6.29 Å². The Morgan fingerprint density at radius 2 is 2.13 bits per heavy atom. The number of hydrogen-bond acceptors (Lipinski definition) is 4. The number of aliphatic hydroxyl groups is 1. The van der Waals surface area contributed by atoms with Crippen LogP contribution in [0, 0.1) is 11.8 Å².